The van der Waals surface area contributed by atoms with Gasteiger partial charge >= 0.3 is 20.0 Å². The second-order valence-corrected chi connectivity index (χ2v) is 5.85. The molecule has 0 saturated heterocycles. The van der Waals surface area contributed by atoms with Crippen LogP contribution in [0.2, 0.25) is 0 Å². The van der Waals surface area contributed by atoms with E-state index in [1.807, 2.05) is 0 Å². The van der Waals surface area contributed by atoms with Gasteiger partial charge in [0.2, 0.25) is 5.66 Å². The van der Waals surface area contributed by atoms with Crippen molar-refractivity contribution in [2.75, 3.05) is 0 Å². The van der Waals surface area contributed by atoms with Gasteiger partial charge in [0, 0.05) is 12.8 Å². The highest BCUT2D eigenvalue weighted by Gasteiger charge is 2.42. The number of rotatable bonds is 8. The summed E-state index contributed by atoms with van der Waals surface area (Å²) in [6, 6.07) is 5.14. The third kappa shape index (κ3) is 5.57. The Morgan fingerprint density at radius 1 is 1.19 bits per heavy atom. The smallest absolute Gasteiger partial charge is 0.481 e. The van der Waals surface area contributed by atoms with Crippen LogP contribution in [0.4, 0.5) is 4.39 Å². The Kier molecular flexibility index (Phi) is 6.39. The highest BCUT2D eigenvalue weighted by atomic mass is 31.1. The quantitative estimate of drug-likeness (QED) is 0.633. The van der Waals surface area contributed by atoms with E-state index in [1.165, 1.54) is 24.3 Å². The topological polar surface area (TPSA) is 112 Å². The van der Waals surface area contributed by atoms with Gasteiger partial charge in [0.15, 0.2) is 0 Å². The van der Waals surface area contributed by atoms with Gasteiger partial charge < -0.3 is 10.2 Å². The minimum absolute atomic E-state index is 0.0391. The molecule has 3 unspecified atom stereocenters. The van der Waals surface area contributed by atoms with Crippen LogP contribution in [-0.4, -0.2) is 32.7 Å². The summed E-state index contributed by atoms with van der Waals surface area (Å²) in [5, 5.41) is 17.7. The molecule has 0 radical (unpaired) electrons. The lowest BCUT2D eigenvalue weighted by Gasteiger charge is -2.13. The maximum Gasteiger partial charge on any atom is 0.509 e. The highest BCUT2D eigenvalue weighted by Crippen LogP contribution is 2.34. The Hall–Kier alpha value is -1.85. The predicted molar refractivity (Wildman–Crippen MR) is 71.7 cm³/mol. The first-order valence-electron chi connectivity index (χ1n) is 6.15. The first-order chi connectivity index (χ1) is 9.81. The van der Waals surface area contributed by atoms with Gasteiger partial charge in [-0.3, -0.25) is 9.59 Å². The van der Waals surface area contributed by atoms with Gasteiger partial charge in [0.1, 0.15) is 11.7 Å². The van der Waals surface area contributed by atoms with E-state index in [9.17, 15) is 23.4 Å². The van der Waals surface area contributed by atoms with E-state index in [0.29, 0.717) is 5.56 Å². The molecule has 0 fully saturated rings. The fourth-order valence-electron chi connectivity index (χ4n) is 2.00. The molecule has 0 spiro atoms. The van der Waals surface area contributed by atoms with E-state index in [4.69, 9.17) is 10.2 Å². The number of aliphatic carboxylic acids is 2. The monoisotopic (exact) mass is 317 g/mol. The summed E-state index contributed by atoms with van der Waals surface area (Å²) >= 11 is 0. The summed E-state index contributed by atoms with van der Waals surface area (Å²) < 4.78 is 24.2. The molecule has 6 nitrogen and oxygen atoms in total. The van der Waals surface area contributed by atoms with Crippen molar-refractivity contribution < 1.29 is 33.7 Å². The molecule has 1 aromatic rings. The van der Waals surface area contributed by atoms with Gasteiger partial charge in [-0.05, 0) is 28.7 Å². The number of hydrogen-bond acceptors (Lipinski definition) is 3. The molecular weight excluding hydrogens is 302 g/mol. The molecular formula is C13H15FO6P+. The van der Waals surface area contributed by atoms with Crippen LogP contribution in [-0.2, 0) is 20.6 Å². The summed E-state index contributed by atoms with van der Waals surface area (Å²) in [7, 11) is -2.82. The van der Waals surface area contributed by atoms with E-state index >= 15 is 0 Å². The molecule has 1 rings (SSSR count). The summed E-state index contributed by atoms with van der Waals surface area (Å²) in [5.74, 6) is -4.21. The van der Waals surface area contributed by atoms with Crippen molar-refractivity contribution in [2.45, 2.75) is 24.9 Å². The standard InChI is InChI=1S/C13H14FO6P/c14-9-3-1-8(2-4-9)7-11(21(19)20)10(13(17)18)5-6-12(15)16/h1-4,10-11H,5-7H2,(H2-,15,16,17,18,19,20)/p+1. The Bertz CT molecular complexity index is 530. The third-order valence-corrected chi connectivity index (χ3v) is 4.20. The average Bonchev–Trinajstić information content (AvgIpc) is 2.39. The minimum atomic E-state index is -2.82. The molecule has 3 N–H and O–H groups in total. The lowest BCUT2D eigenvalue weighted by Crippen LogP contribution is -2.28. The molecule has 0 aliphatic rings. The number of carboxylic acid groups (broad SMARTS) is 2. The molecule has 8 heteroatoms. The molecule has 0 saturated carbocycles. The number of benzene rings is 1. The van der Waals surface area contributed by atoms with Crippen LogP contribution in [0.15, 0.2) is 24.3 Å². The third-order valence-electron chi connectivity index (χ3n) is 3.09. The maximum absolute atomic E-state index is 12.8. The summed E-state index contributed by atoms with van der Waals surface area (Å²) in [6.07, 6.45) is -0.680. The van der Waals surface area contributed by atoms with Crippen LogP contribution < -0.4 is 0 Å². The maximum atomic E-state index is 12.8. The SMILES string of the molecule is O=C(O)CCC(C(=O)O)C(Cc1ccc(F)cc1)[P+](=O)O. The van der Waals surface area contributed by atoms with Gasteiger partial charge in [-0.25, -0.2) is 4.39 Å². The molecule has 0 amide bonds. The first-order valence-corrected chi connectivity index (χ1v) is 7.43. The van der Waals surface area contributed by atoms with Crippen molar-refractivity contribution >= 4 is 20.0 Å². The number of hydrogen-bond donors (Lipinski definition) is 3. The Morgan fingerprint density at radius 2 is 1.76 bits per heavy atom. The van der Waals surface area contributed by atoms with E-state index < -0.39 is 43.8 Å². The van der Waals surface area contributed by atoms with Gasteiger partial charge in [0.25, 0.3) is 0 Å². The summed E-state index contributed by atoms with van der Waals surface area (Å²) in [4.78, 5) is 31.1. The molecule has 114 valence electrons. The second-order valence-electron chi connectivity index (χ2n) is 4.58. The predicted octanol–water partition coefficient (Wildman–Crippen LogP) is 2.04. The first kappa shape index (κ1) is 17.2. The van der Waals surface area contributed by atoms with Gasteiger partial charge in [-0.2, -0.15) is 4.89 Å². The van der Waals surface area contributed by atoms with Crippen LogP contribution in [0, 0.1) is 11.7 Å². The Labute approximate surface area is 121 Å². The van der Waals surface area contributed by atoms with Crippen molar-refractivity contribution in [3.8, 4) is 0 Å². The van der Waals surface area contributed by atoms with Crippen molar-refractivity contribution in [2.24, 2.45) is 5.92 Å². The van der Waals surface area contributed by atoms with Crippen molar-refractivity contribution in [3.05, 3.63) is 35.6 Å². The van der Waals surface area contributed by atoms with Gasteiger partial charge in [-0.1, -0.05) is 12.1 Å². The van der Waals surface area contributed by atoms with Gasteiger partial charge in [0.05, 0.1) is 0 Å². The lowest BCUT2D eigenvalue weighted by atomic mass is 9.94. The molecule has 0 aromatic heterocycles. The van der Waals surface area contributed by atoms with E-state index in [1.54, 1.807) is 0 Å². The molecule has 0 aliphatic carbocycles. The molecule has 0 heterocycles. The van der Waals surface area contributed by atoms with Crippen LogP contribution >= 0.6 is 8.03 Å². The molecule has 21 heavy (non-hydrogen) atoms. The fraction of sp³-hybridized carbons (Fsp3) is 0.385. The number of halogens is 1. The Morgan fingerprint density at radius 3 is 2.19 bits per heavy atom. The zero-order valence-electron chi connectivity index (χ0n) is 11.0. The largest absolute Gasteiger partial charge is 0.509 e. The minimum Gasteiger partial charge on any atom is -0.481 e. The molecule has 0 aliphatic heterocycles. The van der Waals surface area contributed by atoms with Crippen LogP contribution in [0.5, 0.6) is 0 Å². The molecule has 0 bridgehead atoms. The Balaban J connectivity index is 2.91. The van der Waals surface area contributed by atoms with Crippen LogP contribution in [0.3, 0.4) is 0 Å². The van der Waals surface area contributed by atoms with E-state index in [0.717, 1.165) is 0 Å². The molecule has 3 atom stereocenters. The van der Waals surface area contributed by atoms with Crippen molar-refractivity contribution in [1.29, 1.82) is 0 Å². The number of carbonyl (C=O) groups is 2. The lowest BCUT2D eigenvalue weighted by molar-refractivity contribution is -0.143. The van der Waals surface area contributed by atoms with Crippen molar-refractivity contribution in [1.82, 2.24) is 0 Å². The highest BCUT2D eigenvalue weighted by molar-refractivity contribution is 7.39. The zero-order chi connectivity index (χ0) is 16.0. The zero-order valence-corrected chi connectivity index (χ0v) is 11.9. The van der Waals surface area contributed by atoms with Crippen LogP contribution in [0.25, 0.3) is 0 Å². The normalized spacial score (nSPS) is 14.3. The van der Waals surface area contributed by atoms with E-state index in [2.05, 4.69) is 0 Å². The van der Waals surface area contributed by atoms with Crippen LogP contribution in [0.1, 0.15) is 18.4 Å². The van der Waals surface area contributed by atoms with E-state index in [-0.39, 0.29) is 12.8 Å². The van der Waals surface area contributed by atoms with Crippen molar-refractivity contribution in [3.63, 3.8) is 0 Å². The molecule has 1 aromatic carbocycles. The second kappa shape index (κ2) is 7.81. The number of carboxylic acids is 2. The summed E-state index contributed by atoms with van der Waals surface area (Å²) in [6.45, 7) is 0. The summed E-state index contributed by atoms with van der Waals surface area (Å²) in [5.41, 5.74) is -0.609. The average molecular weight is 317 g/mol. The fourth-order valence-corrected chi connectivity index (χ4v) is 2.95. The van der Waals surface area contributed by atoms with Gasteiger partial charge in [-0.15, -0.1) is 0 Å².